The first-order valence-electron chi connectivity index (χ1n) is 8.21. The predicted octanol–water partition coefficient (Wildman–Crippen LogP) is 2.04. The predicted molar refractivity (Wildman–Crippen MR) is 92.0 cm³/mol. The quantitative estimate of drug-likeness (QED) is 0.774. The van der Waals surface area contributed by atoms with E-state index in [4.69, 9.17) is 18.9 Å². The van der Waals surface area contributed by atoms with Crippen LogP contribution in [0.25, 0.3) is 0 Å². The molecule has 2 aromatic rings. The molecule has 8 nitrogen and oxygen atoms in total. The molecule has 2 heterocycles. The Morgan fingerprint density at radius 1 is 0.962 bits per heavy atom. The lowest BCUT2D eigenvalue weighted by Gasteiger charge is -2.20. The first kappa shape index (κ1) is 16.3. The van der Waals surface area contributed by atoms with E-state index in [1.165, 1.54) is 0 Å². The Labute approximate surface area is 149 Å². The fourth-order valence-electron chi connectivity index (χ4n) is 2.72. The van der Waals surface area contributed by atoms with Crippen molar-refractivity contribution in [3.63, 3.8) is 0 Å². The number of hydrogen-bond donors (Lipinski definition) is 3. The van der Waals surface area contributed by atoms with Gasteiger partial charge in [-0.3, -0.25) is 0 Å². The molecule has 0 bridgehead atoms. The number of carbonyl (C=O) groups is 1. The molecule has 2 aliphatic rings. The monoisotopic (exact) mass is 358 g/mol. The Balaban J connectivity index is 1.32. The van der Waals surface area contributed by atoms with E-state index in [0.29, 0.717) is 47.5 Å². The third-order valence-corrected chi connectivity index (χ3v) is 4.04. The summed E-state index contributed by atoms with van der Waals surface area (Å²) in [4.78, 5) is 12.0. The Morgan fingerprint density at radius 2 is 1.65 bits per heavy atom. The number of carbonyl (C=O) groups excluding carboxylic acids is 1. The second-order valence-corrected chi connectivity index (χ2v) is 5.82. The Kier molecular flexibility index (Phi) is 4.40. The van der Waals surface area contributed by atoms with Gasteiger partial charge in [-0.1, -0.05) is 6.07 Å². The van der Waals surface area contributed by atoms with Crippen LogP contribution in [0.4, 0.5) is 10.5 Å². The smallest absolute Gasteiger partial charge is 0.319 e. The molecule has 0 saturated carbocycles. The number of benzene rings is 2. The fraction of sp³-hybridized carbons (Fsp3) is 0.278. The van der Waals surface area contributed by atoms with Gasteiger partial charge in [-0.25, -0.2) is 4.79 Å². The van der Waals surface area contributed by atoms with Crippen LogP contribution in [0, 0.1) is 0 Å². The van der Waals surface area contributed by atoms with Gasteiger partial charge >= 0.3 is 6.03 Å². The highest BCUT2D eigenvalue weighted by atomic mass is 16.7. The van der Waals surface area contributed by atoms with Crippen LogP contribution in [0.3, 0.4) is 0 Å². The molecular formula is C18H18N2O6. The van der Waals surface area contributed by atoms with Crippen molar-refractivity contribution in [2.24, 2.45) is 0 Å². The molecule has 3 N–H and O–H groups in total. The topological polar surface area (TPSA) is 98.3 Å². The zero-order valence-electron chi connectivity index (χ0n) is 13.9. The highest BCUT2D eigenvalue weighted by Gasteiger charge is 2.17. The summed E-state index contributed by atoms with van der Waals surface area (Å²) in [6.45, 7) is 1.21. The zero-order valence-corrected chi connectivity index (χ0v) is 13.9. The second-order valence-electron chi connectivity index (χ2n) is 5.82. The van der Waals surface area contributed by atoms with Gasteiger partial charge in [-0.2, -0.15) is 0 Å². The van der Waals surface area contributed by atoms with Crippen LogP contribution in [0.15, 0.2) is 36.4 Å². The molecule has 2 aromatic carbocycles. The van der Waals surface area contributed by atoms with E-state index < -0.39 is 12.1 Å². The maximum absolute atomic E-state index is 12.0. The third-order valence-electron chi connectivity index (χ3n) is 4.04. The largest absolute Gasteiger partial charge is 0.486 e. The van der Waals surface area contributed by atoms with E-state index in [1.807, 2.05) is 0 Å². The van der Waals surface area contributed by atoms with Crippen LogP contribution in [-0.4, -0.2) is 37.7 Å². The number of amides is 2. The number of hydrogen-bond acceptors (Lipinski definition) is 6. The van der Waals surface area contributed by atoms with E-state index in [2.05, 4.69) is 10.6 Å². The van der Waals surface area contributed by atoms with Gasteiger partial charge in [0.2, 0.25) is 6.79 Å². The number of ether oxygens (including phenoxy) is 4. The van der Waals surface area contributed by atoms with Crippen LogP contribution < -0.4 is 29.6 Å². The highest BCUT2D eigenvalue weighted by molar-refractivity contribution is 5.89. The molecule has 4 rings (SSSR count). The first-order valence-corrected chi connectivity index (χ1v) is 8.21. The lowest BCUT2D eigenvalue weighted by Crippen LogP contribution is -2.32. The van der Waals surface area contributed by atoms with E-state index in [1.54, 1.807) is 36.4 Å². The van der Waals surface area contributed by atoms with E-state index in [-0.39, 0.29) is 13.3 Å². The third kappa shape index (κ3) is 3.45. The molecule has 2 aliphatic heterocycles. The summed E-state index contributed by atoms with van der Waals surface area (Å²) in [6, 6.07) is 9.90. The molecule has 0 spiro atoms. The summed E-state index contributed by atoms with van der Waals surface area (Å²) in [5, 5.41) is 15.6. The first-order chi connectivity index (χ1) is 12.7. The molecule has 2 amide bonds. The van der Waals surface area contributed by atoms with Crippen LogP contribution >= 0.6 is 0 Å². The number of fused-ring (bicyclic) bond motifs is 2. The van der Waals surface area contributed by atoms with Crippen molar-refractivity contribution >= 4 is 11.7 Å². The molecule has 0 unspecified atom stereocenters. The van der Waals surface area contributed by atoms with Gasteiger partial charge in [0.25, 0.3) is 0 Å². The fourth-order valence-corrected chi connectivity index (χ4v) is 2.72. The molecule has 26 heavy (non-hydrogen) atoms. The van der Waals surface area contributed by atoms with Crippen molar-refractivity contribution in [3.8, 4) is 23.0 Å². The lowest BCUT2D eigenvalue weighted by atomic mass is 10.1. The SMILES string of the molecule is O=C(NC[C@@H](O)c1ccc2c(c1)OCCO2)Nc1ccc2c(c1)OCO2. The minimum Gasteiger partial charge on any atom is -0.486 e. The number of aliphatic hydroxyl groups excluding tert-OH is 1. The summed E-state index contributed by atoms with van der Waals surface area (Å²) in [7, 11) is 0. The minimum absolute atomic E-state index is 0.0516. The summed E-state index contributed by atoms with van der Waals surface area (Å²) < 4.78 is 21.4. The number of anilines is 1. The van der Waals surface area contributed by atoms with Gasteiger partial charge in [0.1, 0.15) is 13.2 Å². The normalized spacial score (nSPS) is 15.3. The van der Waals surface area contributed by atoms with Crippen molar-refractivity contribution in [3.05, 3.63) is 42.0 Å². The van der Waals surface area contributed by atoms with Crippen molar-refractivity contribution in [1.29, 1.82) is 0 Å². The molecule has 0 aliphatic carbocycles. The van der Waals surface area contributed by atoms with Gasteiger partial charge in [0, 0.05) is 18.3 Å². The van der Waals surface area contributed by atoms with Crippen molar-refractivity contribution < 1.29 is 28.8 Å². The average Bonchev–Trinajstić information content (AvgIpc) is 3.13. The van der Waals surface area contributed by atoms with Gasteiger partial charge in [0.15, 0.2) is 23.0 Å². The Bertz CT molecular complexity index is 825. The van der Waals surface area contributed by atoms with Crippen molar-refractivity contribution in [2.45, 2.75) is 6.10 Å². The summed E-state index contributed by atoms with van der Waals surface area (Å²) in [6.07, 6.45) is -0.867. The summed E-state index contributed by atoms with van der Waals surface area (Å²) in [5.41, 5.74) is 1.21. The number of aliphatic hydroxyl groups is 1. The summed E-state index contributed by atoms with van der Waals surface area (Å²) in [5.74, 6) is 2.47. The zero-order chi connectivity index (χ0) is 17.9. The number of urea groups is 1. The molecule has 0 saturated heterocycles. The average molecular weight is 358 g/mol. The van der Waals surface area contributed by atoms with Crippen molar-refractivity contribution in [2.75, 3.05) is 31.9 Å². The van der Waals surface area contributed by atoms with Crippen LogP contribution in [0.5, 0.6) is 23.0 Å². The number of rotatable bonds is 4. The second kappa shape index (κ2) is 7.01. The van der Waals surface area contributed by atoms with Crippen LogP contribution in [-0.2, 0) is 0 Å². The van der Waals surface area contributed by atoms with Gasteiger partial charge < -0.3 is 34.7 Å². The van der Waals surface area contributed by atoms with Crippen molar-refractivity contribution in [1.82, 2.24) is 5.32 Å². The molecule has 1 atom stereocenters. The molecule has 136 valence electrons. The number of nitrogens with one attached hydrogen (secondary N) is 2. The van der Waals surface area contributed by atoms with E-state index in [9.17, 15) is 9.90 Å². The van der Waals surface area contributed by atoms with Crippen LogP contribution in [0.1, 0.15) is 11.7 Å². The highest BCUT2D eigenvalue weighted by Crippen LogP contribution is 2.34. The molecule has 8 heteroatoms. The van der Waals surface area contributed by atoms with Gasteiger partial charge in [-0.05, 0) is 29.8 Å². The molecule has 0 radical (unpaired) electrons. The standard InChI is InChI=1S/C18H18N2O6/c21-13(11-1-3-14-16(7-11)24-6-5-23-14)9-19-18(22)20-12-2-4-15-17(8-12)26-10-25-15/h1-4,7-8,13,21H,5-6,9-10H2,(H2,19,20,22)/t13-/m1/s1. The van der Waals surface area contributed by atoms with E-state index in [0.717, 1.165) is 0 Å². The Hall–Kier alpha value is -3.13. The van der Waals surface area contributed by atoms with Gasteiger partial charge in [0.05, 0.1) is 6.10 Å². The summed E-state index contributed by atoms with van der Waals surface area (Å²) >= 11 is 0. The van der Waals surface area contributed by atoms with E-state index >= 15 is 0 Å². The maximum atomic E-state index is 12.0. The Morgan fingerprint density at radius 3 is 2.54 bits per heavy atom. The van der Waals surface area contributed by atoms with Gasteiger partial charge in [-0.15, -0.1) is 0 Å². The minimum atomic E-state index is -0.867. The molecule has 0 fully saturated rings. The molecular weight excluding hydrogens is 340 g/mol. The lowest BCUT2D eigenvalue weighted by molar-refractivity contribution is 0.163. The van der Waals surface area contributed by atoms with Crippen LogP contribution in [0.2, 0.25) is 0 Å². The molecule has 0 aromatic heterocycles. The maximum Gasteiger partial charge on any atom is 0.319 e.